The molecule has 10 heteroatoms. The van der Waals surface area contributed by atoms with Gasteiger partial charge in [-0.25, -0.2) is 12.8 Å². The van der Waals surface area contributed by atoms with Crippen LogP contribution in [0.1, 0.15) is 53.6 Å². The number of nitrogens with zero attached hydrogens (tertiary/aromatic N) is 3. The van der Waals surface area contributed by atoms with Gasteiger partial charge in [-0.3, -0.25) is 9.10 Å². The lowest BCUT2D eigenvalue weighted by molar-refractivity contribution is 0.0975. The van der Waals surface area contributed by atoms with Crippen molar-refractivity contribution in [1.82, 2.24) is 10.2 Å². The number of carbonyl (C=O) groups excluding carboxylic acids is 1. The Labute approximate surface area is 227 Å². The summed E-state index contributed by atoms with van der Waals surface area (Å²) in [4.78, 5) is 13.3. The summed E-state index contributed by atoms with van der Waals surface area (Å²) in [6, 6.07) is 20.4. The number of aromatic nitrogens is 2. The maximum Gasteiger partial charge on any atom is 0.247 e. The van der Waals surface area contributed by atoms with Gasteiger partial charge in [-0.05, 0) is 60.7 Å². The van der Waals surface area contributed by atoms with Crippen molar-refractivity contribution in [2.24, 2.45) is 5.73 Å². The van der Waals surface area contributed by atoms with Crippen LogP contribution >= 0.6 is 0 Å². The summed E-state index contributed by atoms with van der Waals surface area (Å²) in [6.07, 6.45) is 1.66. The number of rotatable bonds is 10. The van der Waals surface area contributed by atoms with Gasteiger partial charge in [-0.2, -0.15) is 0 Å². The fraction of sp³-hybridized carbons (Fsp3) is 0.276. The molecule has 0 fully saturated rings. The van der Waals surface area contributed by atoms with Crippen molar-refractivity contribution in [2.45, 2.75) is 38.1 Å². The number of ketones is 1. The van der Waals surface area contributed by atoms with Crippen LogP contribution in [0, 0.1) is 5.82 Å². The Bertz CT molecular complexity index is 1570. The average molecular weight is 551 g/mol. The topological polar surface area (TPSA) is 119 Å². The van der Waals surface area contributed by atoms with Gasteiger partial charge >= 0.3 is 0 Å². The van der Waals surface area contributed by atoms with E-state index in [9.17, 15) is 17.6 Å². The third-order valence-electron chi connectivity index (χ3n) is 6.61. The lowest BCUT2D eigenvalue weighted by Crippen LogP contribution is -2.35. The molecule has 1 heterocycles. The highest BCUT2D eigenvalue weighted by Crippen LogP contribution is 2.31. The van der Waals surface area contributed by atoms with Gasteiger partial charge in [0.15, 0.2) is 5.78 Å². The Kier molecular flexibility index (Phi) is 7.99. The molecule has 0 bridgehead atoms. The van der Waals surface area contributed by atoms with Crippen LogP contribution in [0.15, 0.2) is 77.2 Å². The molecule has 0 radical (unpaired) electrons. The molecule has 0 aliphatic heterocycles. The zero-order valence-electron chi connectivity index (χ0n) is 22.3. The van der Waals surface area contributed by atoms with Gasteiger partial charge in [0.05, 0.1) is 17.5 Å². The van der Waals surface area contributed by atoms with Gasteiger partial charge in [0.25, 0.3) is 0 Å². The van der Waals surface area contributed by atoms with E-state index in [0.717, 1.165) is 21.7 Å². The Balaban J connectivity index is 1.67. The van der Waals surface area contributed by atoms with E-state index in [2.05, 4.69) is 10.2 Å². The van der Waals surface area contributed by atoms with Crippen LogP contribution < -0.4 is 10.0 Å². The van der Waals surface area contributed by atoms with Crippen molar-refractivity contribution in [2.75, 3.05) is 17.6 Å². The molecule has 0 amide bonds. The van der Waals surface area contributed by atoms with E-state index in [0.29, 0.717) is 12.0 Å². The normalized spacial score (nSPS) is 14.0. The van der Waals surface area contributed by atoms with E-state index in [1.807, 2.05) is 37.3 Å². The molecule has 0 saturated heterocycles. The molecule has 1 aromatic heterocycles. The predicted molar refractivity (Wildman–Crippen MR) is 148 cm³/mol. The minimum atomic E-state index is -3.62. The highest BCUT2D eigenvalue weighted by atomic mass is 32.2. The van der Waals surface area contributed by atoms with E-state index in [1.165, 1.54) is 25.2 Å². The van der Waals surface area contributed by atoms with Crippen molar-refractivity contribution in [3.63, 3.8) is 0 Å². The van der Waals surface area contributed by atoms with Gasteiger partial charge < -0.3 is 10.2 Å². The molecule has 2 N–H and O–H groups in total. The van der Waals surface area contributed by atoms with Crippen molar-refractivity contribution in [1.29, 1.82) is 0 Å². The third-order valence-corrected chi connectivity index (χ3v) is 7.81. The monoisotopic (exact) mass is 550 g/mol. The van der Waals surface area contributed by atoms with Crippen LogP contribution in [0.2, 0.25) is 0 Å². The van der Waals surface area contributed by atoms with Crippen LogP contribution in [0.5, 0.6) is 0 Å². The number of nitrogens with two attached hydrogens (primary N) is 1. The number of hydrogen-bond acceptors (Lipinski definition) is 7. The Morgan fingerprint density at radius 2 is 1.74 bits per heavy atom. The fourth-order valence-electron chi connectivity index (χ4n) is 4.24. The number of benzene rings is 3. The van der Waals surface area contributed by atoms with Gasteiger partial charge in [0.2, 0.25) is 21.8 Å². The first-order chi connectivity index (χ1) is 18.3. The van der Waals surface area contributed by atoms with E-state index in [4.69, 9.17) is 10.2 Å². The van der Waals surface area contributed by atoms with Crippen LogP contribution in [0.4, 0.5) is 10.1 Å². The highest BCUT2D eigenvalue weighted by Gasteiger charge is 2.29. The minimum absolute atomic E-state index is 0.110. The largest absolute Gasteiger partial charge is 0.419 e. The Morgan fingerprint density at radius 1 is 1.08 bits per heavy atom. The Hall–Kier alpha value is -3.89. The van der Waals surface area contributed by atoms with Crippen LogP contribution in [-0.4, -0.2) is 37.7 Å². The van der Waals surface area contributed by atoms with Crippen molar-refractivity contribution >= 4 is 21.5 Å². The maximum atomic E-state index is 13.3. The lowest BCUT2D eigenvalue weighted by atomic mass is 9.92. The first-order valence-corrected chi connectivity index (χ1v) is 14.2. The summed E-state index contributed by atoms with van der Waals surface area (Å²) in [7, 11) is -2.22. The van der Waals surface area contributed by atoms with Gasteiger partial charge in [0.1, 0.15) is 5.82 Å². The number of sulfonamides is 1. The lowest BCUT2D eigenvalue weighted by Gasteiger charge is -2.20. The molecule has 0 unspecified atom stereocenters. The summed E-state index contributed by atoms with van der Waals surface area (Å²) in [5.41, 5.74) is 8.33. The van der Waals surface area contributed by atoms with Crippen LogP contribution in [0.25, 0.3) is 11.5 Å². The van der Waals surface area contributed by atoms with E-state index < -0.39 is 15.6 Å². The summed E-state index contributed by atoms with van der Waals surface area (Å²) in [5.74, 6) is -0.442. The molecule has 3 aromatic carbocycles. The quantitative estimate of drug-likeness (QED) is 0.274. The molecular formula is C29H31FN4O4S. The second-order valence-electron chi connectivity index (χ2n) is 10.1. The zero-order valence-corrected chi connectivity index (χ0v) is 23.1. The number of halogens is 1. The first-order valence-electron chi connectivity index (χ1n) is 12.4. The summed E-state index contributed by atoms with van der Waals surface area (Å²) in [6.45, 7) is 3.66. The molecular weight excluding hydrogens is 519 g/mol. The smallest absolute Gasteiger partial charge is 0.247 e. The van der Waals surface area contributed by atoms with E-state index >= 15 is 0 Å². The molecule has 39 heavy (non-hydrogen) atoms. The maximum absolute atomic E-state index is 13.3. The van der Waals surface area contributed by atoms with Crippen LogP contribution in [0.3, 0.4) is 0 Å². The van der Waals surface area contributed by atoms with Crippen molar-refractivity contribution in [3.8, 4) is 11.5 Å². The predicted octanol–water partition coefficient (Wildman–Crippen LogP) is 5.06. The van der Waals surface area contributed by atoms with Gasteiger partial charge in [-0.15, -0.1) is 10.2 Å². The van der Waals surface area contributed by atoms with Crippen LogP contribution in [-0.2, 0) is 22.0 Å². The molecule has 0 aliphatic carbocycles. The van der Waals surface area contributed by atoms with Crippen molar-refractivity contribution < 1.29 is 22.0 Å². The number of carbonyl (C=O) groups is 1. The summed E-state index contributed by atoms with van der Waals surface area (Å²) < 4.78 is 45.0. The average Bonchev–Trinajstić information content (AvgIpc) is 3.40. The molecule has 4 rings (SSSR count). The fourth-order valence-corrected chi connectivity index (χ4v) is 4.73. The molecule has 0 saturated carbocycles. The molecule has 204 valence electrons. The molecule has 0 aliphatic rings. The first kappa shape index (κ1) is 28.1. The number of anilines is 1. The minimum Gasteiger partial charge on any atom is -0.419 e. The summed E-state index contributed by atoms with van der Waals surface area (Å²) in [5, 5.41) is 8.33. The SMILES string of the molecule is C[C@@H](CC(=O)c1cc(-c2nnc([C@](C)(N)Cc3ccccc3)o2)cc(N(C)S(C)(=O)=O)c1)c1ccc(F)cc1. The number of hydrogen-bond donors (Lipinski definition) is 1. The molecule has 2 atom stereocenters. The molecule has 0 spiro atoms. The van der Waals surface area contributed by atoms with Crippen molar-refractivity contribution in [3.05, 3.63) is 101 Å². The van der Waals surface area contributed by atoms with E-state index in [1.54, 1.807) is 31.2 Å². The second-order valence-corrected chi connectivity index (χ2v) is 12.1. The number of Topliss-reactive ketones (excluding diaryl/α,β-unsaturated/α-hetero) is 1. The third kappa shape index (κ3) is 6.76. The molecule has 8 nitrogen and oxygen atoms in total. The van der Waals surface area contributed by atoms with E-state index in [-0.39, 0.29) is 47.0 Å². The zero-order chi connectivity index (χ0) is 28.4. The molecule has 4 aromatic rings. The highest BCUT2D eigenvalue weighted by molar-refractivity contribution is 7.92. The second kappa shape index (κ2) is 11.1. The van der Waals surface area contributed by atoms with Gasteiger partial charge in [0, 0.05) is 24.6 Å². The van der Waals surface area contributed by atoms with Gasteiger partial charge in [-0.1, -0.05) is 49.4 Å². The standard InChI is InChI=1S/C29H31FN4O4S/c1-19(21-10-12-24(30)13-11-21)14-26(35)22-15-23(17-25(16-22)34(3)39(4,36)37)27-32-33-28(38-27)29(2,31)18-20-8-6-5-7-9-20/h5-13,15-17,19H,14,18,31H2,1-4H3/t19-,29+/m0/s1. The Morgan fingerprint density at radius 3 is 2.38 bits per heavy atom. The summed E-state index contributed by atoms with van der Waals surface area (Å²) >= 11 is 0.